The van der Waals surface area contributed by atoms with Crippen LogP contribution in [0.5, 0.6) is 0 Å². The monoisotopic (exact) mass is 401 g/mol. The van der Waals surface area contributed by atoms with Crippen molar-refractivity contribution in [2.45, 2.75) is 25.3 Å². The molecule has 1 aliphatic rings. The molecule has 3 aromatic carbocycles. The third-order valence-electron chi connectivity index (χ3n) is 5.44. The third-order valence-corrected chi connectivity index (χ3v) is 5.44. The maximum atomic E-state index is 12.9. The molecule has 1 aliphatic heterocycles. The summed E-state index contributed by atoms with van der Waals surface area (Å²) >= 11 is 0. The minimum absolute atomic E-state index is 0.321. The molecule has 0 spiro atoms. The van der Waals surface area contributed by atoms with E-state index < -0.39 is 17.5 Å². The molecule has 1 saturated heterocycles. The maximum absolute atomic E-state index is 12.9. The standard InChI is InChI=1S/C24H23N3O3/c1-24(14-13-17-7-3-2-4-8-17)22(29)27(23(30)26-24)16-21(28)25-20-12-11-18-9-5-6-10-19(18)15-20/h2-12,15H,13-14,16H2,1H3,(H,25,28)(H,26,30). The van der Waals surface area contributed by atoms with E-state index in [1.165, 1.54) is 0 Å². The quantitative estimate of drug-likeness (QED) is 0.618. The molecule has 0 bridgehead atoms. The molecule has 0 saturated carbocycles. The van der Waals surface area contributed by atoms with Crippen molar-refractivity contribution in [2.24, 2.45) is 0 Å². The highest BCUT2D eigenvalue weighted by Gasteiger charge is 2.47. The fourth-order valence-electron chi connectivity index (χ4n) is 3.71. The smallest absolute Gasteiger partial charge is 0.325 e. The molecular weight excluding hydrogens is 378 g/mol. The second-order valence-electron chi connectivity index (χ2n) is 7.75. The van der Waals surface area contributed by atoms with Crippen LogP contribution in [0, 0.1) is 0 Å². The van der Waals surface area contributed by atoms with E-state index in [4.69, 9.17) is 0 Å². The summed E-state index contributed by atoms with van der Waals surface area (Å²) in [6.07, 6.45) is 1.12. The van der Waals surface area contributed by atoms with Crippen molar-refractivity contribution in [1.29, 1.82) is 0 Å². The van der Waals surface area contributed by atoms with Crippen LogP contribution in [-0.2, 0) is 16.0 Å². The molecule has 1 atom stereocenters. The van der Waals surface area contributed by atoms with Gasteiger partial charge in [0.2, 0.25) is 5.91 Å². The number of aryl methyl sites for hydroxylation is 1. The van der Waals surface area contributed by atoms with Gasteiger partial charge in [-0.15, -0.1) is 0 Å². The predicted octanol–water partition coefficient (Wildman–Crippen LogP) is 3.72. The number of imide groups is 1. The van der Waals surface area contributed by atoms with Crippen LogP contribution < -0.4 is 10.6 Å². The molecule has 1 fully saturated rings. The summed E-state index contributed by atoms with van der Waals surface area (Å²) in [5.74, 6) is -0.793. The lowest BCUT2D eigenvalue weighted by Crippen LogP contribution is -2.45. The van der Waals surface area contributed by atoms with E-state index in [9.17, 15) is 14.4 Å². The third kappa shape index (κ3) is 4.03. The number of nitrogens with one attached hydrogen (secondary N) is 2. The van der Waals surface area contributed by atoms with Crippen molar-refractivity contribution < 1.29 is 14.4 Å². The van der Waals surface area contributed by atoms with E-state index in [1.54, 1.807) is 13.0 Å². The summed E-state index contributed by atoms with van der Waals surface area (Å²) in [7, 11) is 0. The lowest BCUT2D eigenvalue weighted by molar-refractivity contribution is -0.133. The zero-order valence-electron chi connectivity index (χ0n) is 16.7. The fourth-order valence-corrected chi connectivity index (χ4v) is 3.71. The summed E-state index contributed by atoms with van der Waals surface area (Å²) in [6.45, 7) is 1.38. The normalized spacial score (nSPS) is 18.5. The van der Waals surface area contributed by atoms with Gasteiger partial charge in [-0.25, -0.2) is 4.79 Å². The molecule has 1 heterocycles. The van der Waals surface area contributed by atoms with Crippen LogP contribution >= 0.6 is 0 Å². The highest BCUT2D eigenvalue weighted by molar-refractivity contribution is 6.10. The van der Waals surface area contributed by atoms with Crippen molar-refractivity contribution >= 4 is 34.3 Å². The Morgan fingerprint density at radius 3 is 2.43 bits per heavy atom. The molecule has 30 heavy (non-hydrogen) atoms. The topological polar surface area (TPSA) is 78.5 Å². The van der Waals surface area contributed by atoms with Gasteiger partial charge >= 0.3 is 6.03 Å². The number of amides is 4. The number of anilines is 1. The molecule has 0 radical (unpaired) electrons. The first-order chi connectivity index (χ1) is 14.4. The van der Waals surface area contributed by atoms with E-state index in [0.29, 0.717) is 18.5 Å². The van der Waals surface area contributed by atoms with E-state index >= 15 is 0 Å². The largest absolute Gasteiger partial charge is 0.325 e. The van der Waals surface area contributed by atoms with Crippen LogP contribution in [0.15, 0.2) is 72.8 Å². The van der Waals surface area contributed by atoms with Crippen molar-refractivity contribution in [2.75, 3.05) is 11.9 Å². The van der Waals surface area contributed by atoms with Gasteiger partial charge in [-0.05, 0) is 48.2 Å². The van der Waals surface area contributed by atoms with Crippen molar-refractivity contribution in [3.63, 3.8) is 0 Å². The van der Waals surface area contributed by atoms with Gasteiger partial charge in [-0.3, -0.25) is 14.5 Å². The molecule has 1 unspecified atom stereocenters. The van der Waals surface area contributed by atoms with Gasteiger partial charge in [0, 0.05) is 5.69 Å². The van der Waals surface area contributed by atoms with Gasteiger partial charge in [0.05, 0.1) is 0 Å². The highest BCUT2D eigenvalue weighted by Crippen LogP contribution is 2.24. The Hall–Kier alpha value is -3.67. The number of hydrogen-bond acceptors (Lipinski definition) is 3. The average Bonchev–Trinajstić information content (AvgIpc) is 2.96. The number of carbonyl (C=O) groups is 3. The summed E-state index contributed by atoms with van der Waals surface area (Å²) in [5, 5.41) is 7.59. The number of rotatable bonds is 6. The van der Waals surface area contributed by atoms with Crippen LogP contribution in [-0.4, -0.2) is 34.8 Å². The number of nitrogens with zero attached hydrogens (tertiary/aromatic N) is 1. The molecular formula is C24H23N3O3. The Bertz CT molecular complexity index is 1110. The van der Waals surface area contributed by atoms with Crippen molar-refractivity contribution in [1.82, 2.24) is 10.2 Å². The maximum Gasteiger partial charge on any atom is 0.325 e. The second-order valence-corrected chi connectivity index (χ2v) is 7.75. The number of hydrogen-bond donors (Lipinski definition) is 2. The Balaban J connectivity index is 1.40. The number of fused-ring (bicyclic) bond motifs is 1. The van der Waals surface area contributed by atoms with Gasteiger partial charge in [0.25, 0.3) is 5.91 Å². The molecule has 6 nitrogen and oxygen atoms in total. The van der Waals surface area contributed by atoms with Crippen LogP contribution in [0.3, 0.4) is 0 Å². The SMILES string of the molecule is CC1(CCc2ccccc2)NC(=O)N(CC(=O)Nc2ccc3ccccc3c2)C1=O. The summed E-state index contributed by atoms with van der Waals surface area (Å²) < 4.78 is 0. The number of urea groups is 1. The minimum Gasteiger partial charge on any atom is -0.325 e. The second kappa shape index (κ2) is 7.99. The van der Waals surface area contributed by atoms with Crippen LogP contribution in [0.4, 0.5) is 10.5 Å². The van der Waals surface area contributed by atoms with Gasteiger partial charge < -0.3 is 10.6 Å². The Labute approximate surface area is 174 Å². The van der Waals surface area contributed by atoms with Gasteiger partial charge in [0.15, 0.2) is 0 Å². The summed E-state index contributed by atoms with van der Waals surface area (Å²) in [4.78, 5) is 38.8. The Morgan fingerprint density at radius 2 is 1.67 bits per heavy atom. The molecule has 2 N–H and O–H groups in total. The predicted molar refractivity (Wildman–Crippen MR) is 116 cm³/mol. The molecule has 4 amide bonds. The molecule has 0 aromatic heterocycles. The average molecular weight is 401 g/mol. The van der Waals surface area contributed by atoms with Gasteiger partial charge in [-0.2, -0.15) is 0 Å². The summed E-state index contributed by atoms with van der Waals surface area (Å²) in [6, 6.07) is 22.7. The van der Waals surface area contributed by atoms with E-state index in [0.717, 1.165) is 21.2 Å². The Kier molecular flexibility index (Phi) is 5.23. The van der Waals surface area contributed by atoms with Crippen LogP contribution in [0.2, 0.25) is 0 Å². The van der Waals surface area contributed by atoms with E-state index in [-0.39, 0.29) is 12.5 Å². The first-order valence-corrected chi connectivity index (χ1v) is 9.91. The fraction of sp³-hybridized carbons (Fsp3) is 0.208. The highest BCUT2D eigenvalue weighted by atomic mass is 16.2. The van der Waals surface area contributed by atoms with Crippen molar-refractivity contribution in [3.05, 3.63) is 78.4 Å². The van der Waals surface area contributed by atoms with Gasteiger partial charge in [-0.1, -0.05) is 60.7 Å². The Morgan fingerprint density at radius 1 is 0.967 bits per heavy atom. The lowest BCUT2D eigenvalue weighted by atomic mass is 9.93. The van der Waals surface area contributed by atoms with Crippen molar-refractivity contribution in [3.8, 4) is 0 Å². The molecule has 152 valence electrons. The summed E-state index contributed by atoms with van der Waals surface area (Å²) in [5.41, 5.74) is 0.696. The molecule has 0 aliphatic carbocycles. The van der Waals surface area contributed by atoms with Crippen LogP contribution in [0.25, 0.3) is 10.8 Å². The lowest BCUT2D eigenvalue weighted by Gasteiger charge is -2.21. The molecule has 3 aromatic rings. The number of benzene rings is 3. The van der Waals surface area contributed by atoms with Crippen LogP contribution in [0.1, 0.15) is 18.9 Å². The zero-order chi connectivity index (χ0) is 21.1. The van der Waals surface area contributed by atoms with Gasteiger partial charge in [0.1, 0.15) is 12.1 Å². The molecule has 6 heteroatoms. The first-order valence-electron chi connectivity index (χ1n) is 9.91. The minimum atomic E-state index is -1.02. The zero-order valence-corrected chi connectivity index (χ0v) is 16.7. The van der Waals surface area contributed by atoms with E-state index in [2.05, 4.69) is 10.6 Å². The van der Waals surface area contributed by atoms with E-state index in [1.807, 2.05) is 66.7 Å². The number of carbonyl (C=O) groups excluding carboxylic acids is 3. The molecule has 4 rings (SSSR count). The first kappa shape index (κ1) is 19.6.